The summed E-state index contributed by atoms with van der Waals surface area (Å²) >= 11 is 6.04. The lowest BCUT2D eigenvalue weighted by molar-refractivity contribution is -0.114. The minimum absolute atomic E-state index is 0.0776. The van der Waals surface area contributed by atoms with Crippen LogP contribution < -0.4 is 10.5 Å². The van der Waals surface area contributed by atoms with Crippen LogP contribution in [0.1, 0.15) is 37.3 Å². The molecular formula is C22H23ClFN3O2. The summed E-state index contributed by atoms with van der Waals surface area (Å²) in [6.07, 6.45) is 4.90. The first-order chi connectivity index (χ1) is 14.0. The first kappa shape index (κ1) is 19.7. The molecule has 2 N–H and O–H groups in total. The fraction of sp³-hybridized carbons (Fsp3) is 0.364. The number of carbonyl (C=O) groups is 1. The Morgan fingerprint density at radius 3 is 2.79 bits per heavy atom. The van der Waals surface area contributed by atoms with E-state index in [-0.39, 0.29) is 29.8 Å². The second kappa shape index (κ2) is 8.03. The zero-order valence-electron chi connectivity index (χ0n) is 16.1. The van der Waals surface area contributed by atoms with Crippen molar-refractivity contribution in [2.45, 2.75) is 37.8 Å². The lowest BCUT2D eigenvalue weighted by atomic mass is 9.76. The number of carbonyl (C=O) groups excluding carboxylic acids is 1. The summed E-state index contributed by atoms with van der Waals surface area (Å²) in [5, 5.41) is 0.340. The molecule has 2 aromatic carbocycles. The van der Waals surface area contributed by atoms with Gasteiger partial charge in [-0.2, -0.15) is 0 Å². The molecule has 1 aliphatic carbocycles. The average Bonchev–Trinajstić information content (AvgIpc) is 2.71. The van der Waals surface area contributed by atoms with Gasteiger partial charge < -0.3 is 10.5 Å². The molecule has 0 bridgehead atoms. The predicted octanol–water partition coefficient (Wildman–Crippen LogP) is 4.54. The maximum absolute atomic E-state index is 13.9. The van der Waals surface area contributed by atoms with E-state index in [0.717, 1.165) is 42.6 Å². The second-order valence-electron chi connectivity index (χ2n) is 7.66. The van der Waals surface area contributed by atoms with Crippen LogP contribution in [0.4, 0.5) is 4.39 Å². The first-order valence-electron chi connectivity index (χ1n) is 9.74. The number of fused-ring (bicyclic) bond motifs is 2. The predicted molar refractivity (Wildman–Crippen MR) is 111 cm³/mol. The molecule has 5 nitrogen and oxygen atoms in total. The number of guanidine groups is 1. The molecule has 4 rings (SSSR count). The van der Waals surface area contributed by atoms with Gasteiger partial charge in [0.2, 0.25) is 6.41 Å². The fourth-order valence-corrected chi connectivity index (χ4v) is 4.49. The van der Waals surface area contributed by atoms with Crippen molar-refractivity contribution in [1.29, 1.82) is 0 Å². The van der Waals surface area contributed by atoms with Gasteiger partial charge in [0.1, 0.15) is 17.7 Å². The minimum Gasteiger partial charge on any atom is -0.490 e. The van der Waals surface area contributed by atoms with Gasteiger partial charge in [-0.25, -0.2) is 9.38 Å². The number of hydrogen-bond donors (Lipinski definition) is 1. The molecule has 1 fully saturated rings. The van der Waals surface area contributed by atoms with Crippen molar-refractivity contribution in [1.82, 2.24) is 4.90 Å². The van der Waals surface area contributed by atoms with Crippen LogP contribution in [0.2, 0.25) is 5.02 Å². The average molecular weight is 416 g/mol. The van der Waals surface area contributed by atoms with Gasteiger partial charge in [-0.05, 0) is 60.7 Å². The third-order valence-corrected chi connectivity index (χ3v) is 5.97. The van der Waals surface area contributed by atoms with Crippen molar-refractivity contribution >= 4 is 24.0 Å². The molecule has 0 aromatic heterocycles. The third kappa shape index (κ3) is 3.94. The van der Waals surface area contributed by atoms with Gasteiger partial charge >= 0.3 is 0 Å². The van der Waals surface area contributed by atoms with E-state index in [0.29, 0.717) is 17.0 Å². The summed E-state index contributed by atoms with van der Waals surface area (Å²) < 4.78 is 20.1. The zero-order valence-corrected chi connectivity index (χ0v) is 16.9. The van der Waals surface area contributed by atoms with E-state index in [1.165, 1.54) is 17.0 Å². The standard InChI is InChI=1S/C22H23ClFN3O2/c1-27(12-28)22(25)26-21-17-4-2-3-5-19(17)29-20-7-6-13(10-18(20)21)14-8-15(23)11-16(24)9-14/h6-12,17,19,21H,2-5H2,1H3,(H2,25,26). The Morgan fingerprint density at radius 1 is 1.24 bits per heavy atom. The molecule has 152 valence electrons. The van der Waals surface area contributed by atoms with Crippen LogP contribution in [0.5, 0.6) is 5.75 Å². The van der Waals surface area contributed by atoms with Gasteiger partial charge in [-0.1, -0.05) is 24.1 Å². The van der Waals surface area contributed by atoms with Crippen molar-refractivity contribution in [3.63, 3.8) is 0 Å². The quantitative estimate of drug-likeness (QED) is 0.454. The molecular weight excluding hydrogens is 393 g/mol. The topological polar surface area (TPSA) is 67.9 Å². The number of benzene rings is 2. The molecule has 3 atom stereocenters. The minimum atomic E-state index is -0.389. The highest BCUT2D eigenvalue weighted by Gasteiger charge is 2.40. The number of amides is 1. The van der Waals surface area contributed by atoms with Gasteiger partial charge in [0.15, 0.2) is 5.96 Å². The van der Waals surface area contributed by atoms with Crippen LogP contribution in [0.25, 0.3) is 11.1 Å². The maximum atomic E-state index is 13.9. The number of rotatable bonds is 3. The molecule has 3 unspecified atom stereocenters. The summed E-state index contributed by atoms with van der Waals surface area (Å²) in [5.74, 6) is 0.720. The van der Waals surface area contributed by atoms with Crippen LogP contribution in [0.3, 0.4) is 0 Å². The van der Waals surface area contributed by atoms with Gasteiger partial charge in [0.05, 0.1) is 6.04 Å². The van der Waals surface area contributed by atoms with Crippen LogP contribution in [-0.4, -0.2) is 30.4 Å². The SMILES string of the molecule is CN(C=O)C(N)=NC1c2cc(-c3cc(F)cc(Cl)c3)ccc2OC2CCCCC21. The van der Waals surface area contributed by atoms with E-state index >= 15 is 0 Å². The van der Waals surface area contributed by atoms with Gasteiger partial charge in [-0.3, -0.25) is 9.69 Å². The number of ether oxygens (including phenoxy) is 1. The molecule has 1 amide bonds. The number of aliphatic imine (C=N–C) groups is 1. The van der Waals surface area contributed by atoms with Crippen LogP contribution >= 0.6 is 11.6 Å². The van der Waals surface area contributed by atoms with Crippen molar-refractivity contribution in [2.24, 2.45) is 16.6 Å². The van der Waals surface area contributed by atoms with Crippen molar-refractivity contribution in [3.8, 4) is 16.9 Å². The molecule has 1 saturated carbocycles. The van der Waals surface area contributed by atoms with Crippen molar-refractivity contribution in [2.75, 3.05) is 7.05 Å². The Labute approximate surface area is 174 Å². The van der Waals surface area contributed by atoms with Gasteiger partial charge in [0.25, 0.3) is 0 Å². The highest BCUT2D eigenvalue weighted by Crippen LogP contribution is 2.47. The van der Waals surface area contributed by atoms with Crippen LogP contribution in [0.15, 0.2) is 41.4 Å². The lowest BCUT2D eigenvalue weighted by Crippen LogP contribution is -2.40. The Morgan fingerprint density at radius 2 is 2.03 bits per heavy atom. The number of nitrogens with two attached hydrogens (primary N) is 1. The number of hydrogen-bond acceptors (Lipinski definition) is 3. The highest BCUT2D eigenvalue weighted by molar-refractivity contribution is 6.30. The molecule has 2 aromatic rings. The molecule has 0 spiro atoms. The molecule has 1 heterocycles. The largest absolute Gasteiger partial charge is 0.490 e. The Hall–Kier alpha value is -2.60. The molecule has 0 saturated heterocycles. The monoisotopic (exact) mass is 415 g/mol. The Balaban J connectivity index is 1.81. The van der Waals surface area contributed by atoms with Crippen molar-refractivity contribution in [3.05, 3.63) is 52.8 Å². The number of nitrogens with zero attached hydrogens (tertiary/aromatic N) is 2. The Bertz CT molecular complexity index is 945. The maximum Gasteiger partial charge on any atom is 0.216 e. The van der Waals surface area contributed by atoms with E-state index in [4.69, 9.17) is 27.1 Å². The number of halogens is 2. The summed E-state index contributed by atoms with van der Waals surface area (Å²) in [6, 6.07) is 10.00. The summed E-state index contributed by atoms with van der Waals surface area (Å²) in [4.78, 5) is 17.1. The first-order valence-corrected chi connectivity index (χ1v) is 10.1. The highest BCUT2D eigenvalue weighted by atomic mass is 35.5. The lowest BCUT2D eigenvalue weighted by Gasteiger charge is -2.41. The summed E-state index contributed by atoms with van der Waals surface area (Å²) in [7, 11) is 1.58. The third-order valence-electron chi connectivity index (χ3n) is 5.75. The Kier molecular flexibility index (Phi) is 5.46. The zero-order chi connectivity index (χ0) is 20.5. The van der Waals surface area contributed by atoms with Gasteiger partial charge in [0, 0.05) is 23.6 Å². The summed E-state index contributed by atoms with van der Waals surface area (Å²) in [6.45, 7) is 0. The van der Waals surface area contributed by atoms with Gasteiger partial charge in [-0.15, -0.1) is 0 Å². The normalized spacial score (nSPS) is 23.6. The molecule has 2 aliphatic rings. The second-order valence-corrected chi connectivity index (χ2v) is 8.10. The summed E-state index contributed by atoms with van der Waals surface area (Å²) in [5.41, 5.74) is 8.47. The van der Waals surface area contributed by atoms with Crippen molar-refractivity contribution < 1.29 is 13.9 Å². The smallest absolute Gasteiger partial charge is 0.216 e. The van der Waals surface area contributed by atoms with Crippen LogP contribution in [0, 0.1) is 11.7 Å². The molecule has 0 radical (unpaired) electrons. The van der Waals surface area contributed by atoms with Crippen LogP contribution in [-0.2, 0) is 4.79 Å². The van der Waals surface area contributed by atoms with E-state index in [1.54, 1.807) is 13.1 Å². The van der Waals surface area contributed by atoms with E-state index in [2.05, 4.69) is 0 Å². The molecule has 29 heavy (non-hydrogen) atoms. The van der Waals surface area contributed by atoms with E-state index in [1.807, 2.05) is 18.2 Å². The molecule has 1 aliphatic heterocycles. The molecule has 7 heteroatoms. The fourth-order valence-electron chi connectivity index (χ4n) is 4.27. The van der Waals surface area contributed by atoms with E-state index < -0.39 is 0 Å². The van der Waals surface area contributed by atoms with E-state index in [9.17, 15) is 9.18 Å².